The van der Waals surface area contributed by atoms with Gasteiger partial charge in [0.25, 0.3) is 0 Å². The molecule has 0 heterocycles. The molecule has 2 rings (SSSR count). The number of hydrogen-bond acceptors (Lipinski definition) is 2. The van der Waals surface area contributed by atoms with Crippen molar-refractivity contribution in [2.24, 2.45) is 11.8 Å². The normalized spacial score (nSPS) is 23.3. The first-order valence-corrected chi connectivity index (χ1v) is 6.77. The molecule has 1 aromatic carbocycles. The van der Waals surface area contributed by atoms with Crippen LogP contribution in [0.4, 0.5) is 4.39 Å². The van der Waals surface area contributed by atoms with E-state index < -0.39 is 17.8 Å². The minimum absolute atomic E-state index is 0.230. The van der Waals surface area contributed by atoms with Crippen molar-refractivity contribution in [2.75, 3.05) is 0 Å². The Kier molecular flexibility index (Phi) is 4.37. The van der Waals surface area contributed by atoms with Crippen molar-refractivity contribution in [2.45, 2.75) is 32.2 Å². The molecule has 4 nitrogen and oxygen atoms in total. The maximum Gasteiger partial charge on any atom is 0.307 e. The molecule has 0 unspecified atom stereocenters. The number of carbonyl (C=O) groups is 2. The van der Waals surface area contributed by atoms with Gasteiger partial charge in [-0.2, -0.15) is 0 Å². The summed E-state index contributed by atoms with van der Waals surface area (Å²) in [5.74, 6) is -2.51. The molecule has 1 aliphatic rings. The van der Waals surface area contributed by atoms with Crippen molar-refractivity contribution in [3.63, 3.8) is 0 Å². The maximum atomic E-state index is 12.8. The van der Waals surface area contributed by atoms with Crippen LogP contribution in [0.1, 0.15) is 37.8 Å². The van der Waals surface area contributed by atoms with Gasteiger partial charge in [-0.1, -0.05) is 18.6 Å². The van der Waals surface area contributed by atoms with Gasteiger partial charge >= 0.3 is 5.97 Å². The van der Waals surface area contributed by atoms with Gasteiger partial charge in [0.2, 0.25) is 5.91 Å². The summed E-state index contributed by atoms with van der Waals surface area (Å²) in [6.45, 7) is 1.80. The number of amides is 1. The lowest BCUT2D eigenvalue weighted by Gasteiger charge is -2.20. The Hall–Kier alpha value is -1.91. The zero-order valence-electron chi connectivity index (χ0n) is 11.3. The molecular weight excluding hydrogens is 261 g/mol. The van der Waals surface area contributed by atoms with E-state index in [0.29, 0.717) is 12.8 Å². The highest BCUT2D eigenvalue weighted by atomic mass is 19.1. The molecular formula is C15H18FNO3. The van der Waals surface area contributed by atoms with Gasteiger partial charge in [0, 0.05) is 0 Å². The summed E-state index contributed by atoms with van der Waals surface area (Å²) in [5, 5.41) is 11.9. The summed E-state index contributed by atoms with van der Waals surface area (Å²) in [5.41, 5.74) is 0.796. The number of carboxylic acids is 1. The lowest BCUT2D eigenvalue weighted by atomic mass is 9.94. The predicted molar refractivity (Wildman–Crippen MR) is 71.4 cm³/mol. The van der Waals surface area contributed by atoms with E-state index in [1.165, 1.54) is 12.1 Å². The van der Waals surface area contributed by atoms with E-state index >= 15 is 0 Å². The van der Waals surface area contributed by atoms with Gasteiger partial charge in [0.05, 0.1) is 17.9 Å². The first-order chi connectivity index (χ1) is 9.49. The van der Waals surface area contributed by atoms with E-state index in [-0.39, 0.29) is 17.8 Å². The minimum atomic E-state index is -0.905. The Morgan fingerprint density at radius 2 is 1.85 bits per heavy atom. The standard InChI is InChI=1S/C15H18FNO3/c1-9(10-5-7-11(16)8-6-10)17-14(18)12-3-2-4-13(12)15(19)20/h5-9,12-13H,2-4H2,1H3,(H,17,18)(H,19,20)/t9-,12-,13+/m1/s1. The van der Waals surface area contributed by atoms with Crippen molar-refractivity contribution in [1.82, 2.24) is 5.32 Å². The van der Waals surface area contributed by atoms with E-state index in [1.54, 1.807) is 19.1 Å². The molecule has 0 saturated heterocycles. The van der Waals surface area contributed by atoms with Crippen LogP contribution < -0.4 is 5.32 Å². The first-order valence-electron chi connectivity index (χ1n) is 6.77. The van der Waals surface area contributed by atoms with Crippen molar-refractivity contribution >= 4 is 11.9 Å². The van der Waals surface area contributed by atoms with Gasteiger partial charge in [0.1, 0.15) is 5.82 Å². The first kappa shape index (κ1) is 14.5. The van der Waals surface area contributed by atoms with Crippen LogP contribution in [-0.4, -0.2) is 17.0 Å². The zero-order valence-corrected chi connectivity index (χ0v) is 11.3. The summed E-state index contributed by atoms with van der Waals surface area (Å²) >= 11 is 0. The van der Waals surface area contributed by atoms with Crippen LogP contribution in [0.5, 0.6) is 0 Å². The minimum Gasteiger partial charge on any atom is -0.481 e. The Morgan fingerprint density at radius 1 is 1.25 bits per heavy atom. The summed E-state index contributed by atoms with van der Waals surface area (Å²) in [6, 6.07) is 5.65. The fourth-order valence-corrected chi connectivity index (χ4v) is 2.72. The van der Waals surface area contributed by atoms with Crippen LogP contribution >= 0.6 is 0 Å². The molecule has 0 radical (unpaired) electrons. The quantitative estimate of drug-likeness (QED) is 0.890. The number of rotatable bonds is 4. The molecule has 108 valence electrons. The summed E-state index contributed by atoms with van der Waals surface area (Å²) < 4.78 is 12.8. The average molecular weight is 279 g/mol. The monoisotopic (exact) mass is 279 g/mol. The van der Waals surface area contributed by atoms with Gasteiger partial charge in [-0.15, -0.1) is 0 Å². The molecule has 0 bridgehead atoms. The highest BCUT2D eigenvalue weighted by molar-refractivity contribution is 5.85. The number of aliphatic carboxylic acids is 1. The molecule has 0 spiro atoms. The fraction of sp³-hybridized carbons (Fsp3) is 0.467. The van der Waals surface area contributed by atoms with Gasteiger partial charge in [-0.05, 0) is 37.5 Å². The summed E-state index contributed by atoms with van der Waals surface area (Å²) in [7, 11) is 0. The highest BCUT2D eigenvalue weighted by Gasteiger charge is 2.38. The molecule has 1 saturated carbocycles. The number of benzene rings is 1. The predicted octanol–water partition coefficient (Wildman–Crippen LogP) is 2.50. The van der Waals surface area contributed by atoms with Crippen molar-refractivity contribution in [3.05, 3.63) is 35.6 Å². The second-order valence-corrected chi connectivity index (χ2v) is 5.26. The highest BCUT2D eigenvalue weighted by Crippen LogP contribution is 2.32. The third-order valence-electron chi connectivity index (χ3n) is 3.90. The largest absolute Gasteiger partial charge is 0.481 e. The van der Waals surface area contributed by atoms with E-state index in [1.807, 2.05) is 0 Å². The summed E-state index contributed by atoms with van der Waals surface area (Å²) in [6.07, 6.45) is 1.93. The zero-order chi connectivity index (χ0) is 14.7. The Morgan fingerprint density at radius 3 is 2.45 bits per heavy atom. The van der Waals surface area contributed by atoms with Crippen molar-refractivity contribution < 1.29 is 19.1 Å². The van der Waals surface area contributed by atoms with E-state index in [9.17, 15) is 14.0 Å². The molecule has 1 aromatic rings. The third-order valence-corrected chi connectivity index (χ3v) is 3.90. The smallest absolute Gasteiger partial charge is 0.307 e. The van der Waals surface area contributed by atoms with Crippen molar-refractivity contribution in [3.8, 4) is 0 Å². The molecule has 20 heavy (non-hydrogen) atoms. The van der Waals surface area contributed by atoms with Gasteiger partial charge in [-0.25, -0.2) is 4.39 Å². The molecule has 0 aliphatic heterocycles. The number of carbonyl (C=O) groups excluding carboxylic acids is 1. The van der Waals surface area contributed by atoms with Gasteiger partial charge in [-0.3, -0.25) is 9.59 Å². The van der Waals surface area contributed by atoms with Crippen molar-refractivity contribution in [1.29, 1.82) is 0 Å². The van der Waals surface area contributed by atoms with Crippen LogP contribution in [0, 0.1) is 17.7 Å². The van der Waals surface area contributed by atoms with E-state index in [4.69, 9.17) is 5.11 Å². The number of nitrogens with one attached hydrogen (secondary N) is 1. The molecule has 5 heteroatoms. The fourth-order valence-electron chi connectivity index (χ4n) is 2.72. The van der Waals surface area contributed by atoms with Gasteiger partial charge in [0.15, 0.2) is 0 Å². The molecule has 2 N–H and O–H groups in total. The van der Waals surface area contributed by atoms with Crippen LogP contribution in [-0.2, 0) is 9.59 Å². The molecule has 1 fully saturated rings. The van der Waals surface area contributed by atoms with Crippen LogP contribution in [0.3, 0.4) is 0 Å². The maximum absolute atomic E-state index is 12.8. The summed E-state index contributed by atoms with van der Waals surface area (Å²) in [4.78, 5) is 23.3. The molecule has 1 aliphatic carbocycles. The molecule has 0 aromatic heterocycles. The number of carboxylic acid groups (broad SMARTS) is 1. The average Bonchev–Trinajstić information content (AvgIpc) is 2.88. The SMILES string of the molecule is C[C@@H](NC(=O)[C@@H]1CCC[C@@H]1C(=O)O)c1ccc(F)cc1. The third kappa shape index (κ3) is 3.15. The number of halogens is 1. The van der Waals surface area contributed by atoms with Crippen LogP contribution in [0.15, 0.2) is 24.3 Å². The lowest BCUT2D eigenvalue weighted by Crippen LogP contribution is -2.36. The van der Waals surface area contributed by atoms with Gasteiger partial charge < -0.3 is 10.4 Å². The second kappa shape index (κ2) is 6.03. The van der Waals surface area contributed by atoms with Crippen LogP contribution in [0.25, 0.3) is 0 Å². The number of hydrogen-bond donors (Lipinski definition) is 2. The van der Waals surface area contributed by atoms with E-state index in [0.717, 1.165) is 12.0 Å². The Bertz CT molecular complexity index is 500. The van der Waals surface area contributed by atoms with E-state index in [2.05, 4.69) is 5.32 Å². The molecule has 1 amide bonds. The Balaban J connectivity index is 2.00. The second-order valence-electron chi connectivity index (χ2n) is 5.26. The Labute approximate surface area is 117 Å². The molecule has 3 atom stereocenters. The lowest BCUT2D eigenvalue weighted by molar-refractivity contribution is -0.146. The van der Waals surface area contributed by atoms with Crippen LogP contribution in [0.2, 0.25) is 0 Å². The topological polar surface area (TPSA) is 66.4 Å².